The maximum atomic E-state index is 2.83. The Morgan fingerprint density at radius 1 is 0.571 bits per heavy atom. The third-order valence-electron chi connectivity index (χ3n) is 2.99. The summed E-state index contributed by atoms with van der Waals surface area (Å²) in [6.07, 6.45) is 8.86. The molecule has 0 atom stereocenters. The van der Waals surface area contributed by atoms with E-state index >= 15 is 0 Å². The van der Waals surface area contributed by atoms with Crippen molar-refractivity contribution in [1.29, 1.82) is 0 Å². The molecule has 0 spiro atoms. The molecular weight excluding hydrogens is 419 g/mol. The molecule has 0 saturated carbocycles. The second kappa shape index (κ2) is 8.14. The third kappa shape index (κ3) is 4.89. The molecule has 0 unspecified atom stereocenters. The maximum Gasteiger partial charge on any atom is -1.00 e. The molecule has 2 aliphatic heterocycles. The second-order valence-electron chi connectivity index (χ2n) is 4.20. The van der Waals surface area contributed by atoms with Gasteiger partial charge < -0.3 is 24.0 Å². The summed E-state index contributed by atoms with van der Waals surface area (Å²) < 4.78 is 5.66. The van der Waals surface area contributed by atoms with Crippen LogP contribution in [0, 0.1) is 37.5 Å². The average molecular weight is 439 g/mol. The molecule has 81 valence electrons. The minimum absolute atomic E-state index is 0. The molecule has 0 aromatic carbocycles. The van der Waals surface area contributed by atoms with Crippen molar-refractivity contribution in [2.45, 2.75) is 38.5 Å². The molecule has 0 bridgehead atoms. The Kier molecular flexibility index (Phi) is 8.18. The van der Waals surface area contributed by atoms with Gasteiger partial charge in [0.05, 0.1) is 0 Å². The van der Waals surface area contributed by atoms with E-state index in [1.165, 1.54) is 64.7 Å². The standard InChI is InChI=1S/2C5H10N.HI.Nd/c2*1-2-4-6-5-3-1;;/h2*1-5H2;1H;/q2*-1;;+3/p-1. The first-order valence-electron chi connectivity index (χ1n) is 5.71. The van der Waals surface area contributed by atoms with E-state index in [0.717, 1.165) is 0 Å². The van der Waals surface area contributed by atoms with Crippen LogP contribution in [0.4, 0.5) is 0 Å². The normalized spacial score (nSPS) is 25.1. The molecule has 2 nitrogen and oxygen atoms in total. The van der Waals surface area contributed by atoms with Gasteiger partial charge in [0.1, 0.15) is 0 Å². The maximum absolute atomic E-state index is 2.83. The zero-order valence-corrected chi connectivity index (χ0v) is 14.2. The van der Waals surface area contributed by atoms with Crippen molar-refractivity contribution in [1.82, 2.24) is 1.97 Å². The predicted octanol–water partition coefficient (Wildman–Crippen LogP) is -1.12. The van der Waals surface area contributed by atoms with Gasteiger partial charge in [-0.1, -0.05) is 0 Å². The van der Waals surface area contributed by atoms with Gasteiger partial charge in [-0.25, -0.2) is 0 Å². The largest absolute Gasteiger partial charge is 1.00 e. The zero-order chi connectivity index (χ0) is 8.93. The molecule has 0 aromatic heterocycles. The van der Waals surface area contributed by atoms with Crippen LogP contribution in [0.25, 0.3) is 0 Å². The Morgan fingerprint density at radius 3 is 1.29 bits per heavy atom. The molecular formula is C10H20IN2Nd. The van der Waals surface area contributed by atoms with E-state index in [1.54, 1.807) is 0 Å². The van der Waals surface area contributed by atoms with Crippen molar-refractivity contribution in [3.05, 3.63) is 0 Å². The van der Waals surface area contributed by atoms with Crippen LogP contribution in [0.15, 0.2) is 0 Å². The van der Waals surface area contributed by atoms with Gasteiger partial charge in [0, 0.05) is 0 Å². The van der Waals surface area contributed by atoms with Crippen molar-refractivity contribution in [2.24, 2.45) is 0 Å². The van der Waals surface area contributed by atoms with E-state index in [2.05, 4.69) is 1.97 Å². The first-order chi connectivity index (χ1) is 6.45. The van der Waals surface area contributed by atoms with E-state index in [9.17, 15) is 0 Å². The fraction of sp³-hybridized carbons (Fsp3) is 1.00. The molecule has 0 N–H and O–H groups in total. The summed E-state index contributed by atoms with van der Waals surface area (Å²) in [6.45, 7) is 5.72. The van der Waals surface area contributed by atoms with Crippen LogP contribution in [0.1, 0.15) is 38.5 Å². The minimum atomic E-state index is -0.519. The number of rotatable bonds is 2. The summed E-state index contributed by atoms with van der Waals surface area (Å²) in [5, 5.41) is 0. The van der Waals surface area contributed by atoms with E-state index in [0.29, 0.717) is 0 Å². The van der Waals surface area contributed by atoms with Gasteiger partial charge in [0.2, 0.25) is 0 Å². The molecule has 4 heteroatoms. The Morgan fingerprint density at radius 2 is 0.929 bits per heavy atom. The first kappa shape index (κ1) is 14.1. The summed E-state index contributed by atoms with van der Waals surface area (Å²) in [4.78, 5) is 0. The predicted molar refractivity (Wildman–Crippen MR) is 50.8 cm³/mol. The molecule has 2 fully saturated rings. The van der Waals surface area contributed by atoms with Gasteiger partial charge in [0.25, 0.3) is 0 Å². The summed E-state index contributed by atoms with van der Waals surface area (Å²) >= 11 is -0.519. The Hall–Kier alpha value is 2.00. The molecule has 14 heavy (non-hydrogen) atoms. The molecule has 0 aromatic rings. The fourth-order valence-electron chi connectivity index (χ4n) is 2.19. The molecule has 0 aliphatic carbocycles. The van der Waals surface area contributed by atoms with Crippen molar-refractivity contribution in [2.75, 3.05) is 26.2 Å². The summed E-state index contributed by atoms with van der Waals surface area (Å²) in [5.74, 6) is 0. The smallest absolute Gasteiger partial charge is 1.00 e. The zero-order valence-electron chi connectivity index (χ0n) is 8.84. The number of halogens is 1. The summed E-state index contributed by atoms with van der Waals surface area (Å²) in [6, 6.07) is 0. The molecule has 0 radical (unpaired) electrons. The molecule has 2 rings (SSSR count). The van der Waals surface area contributed by atoms with Gasteiger partial charge in [0.15, 0.2) is 0 Å². The number of hydrogen-bond donors (Lipinski definition) is 0. The van der Waals surface area contributed by atoms with E-state index in [4.69, 9.17) is 0 Å². The number of nitrogens with zero attached hydrogens (tertiary/aromatic N) is 2. The Bertz CT molecular complexity index is 129. The minimum Gasteiger partial charge on any atom is -1.00 e. The van der Waals surface area contributed by atoms with Gasteiger partial charge >= 0.3 is 104 Å². The molecule has 0 amide bonds. The van der Waals surface area contributed by atoms with Crippen molar-refractivity contribution >= 4 is 0 Å². The van der Waals surface area contributed by atoms with Crippen LogP contribution >= 0.6 is 0 Å². The number of hydrogen-bond acceptors (Lipinski definition) is 2. The topological polar surface area (TPSA) is 6.48 Å². The quantitative estimate of drug-likeness (QED) is 0.503. The molecule has 2 saturated heterocycles. The Labute approximate surface area is 126 Å². The van der Waals surface area contributed by atoms with Gasteiger partial charge in [-0.15, -0.1) is 0 Å². The third-order valence-corrected chi connectivity index (χ3v) is 7.68. The molecule has 2 heterocycles. The van der Waals surface area contributed by atoms with Gasteiger partial charge in [-0.2, -0.15) is 0 Å². The van der Waals surface area contributed by atoms with E-state index in [-0.39, 0.29) is 24.0 Å². The SMILES string of the molecule is C1CC[N]([Nd+][N]2CCCCC2)CC1.[I-]. The average Bonchev–Trinajstić information content (AvgIpc) is 2.21. The number of piperidine rings is 2. The van der Waals surface area contributed by atoms with Crippen LogP contribution in [-0.4, -0.2) is 28.1 Å². The van der Waals surface area contributed by atoms with Crippen LogP contribution in [0.3, 0.4) is 0 Å². The first-order valence-corrected chi connectivity index (χ1v) is 8.58. The van der Waals surface area contributed by atoms with Gasteiger partial charge in [-0.05, 0) is 0 Å². The second-order valence-corrected chi connectivity index (χ2v) is 8.89. The summed E-state index contributed by atoms with van der Waals surface area (Å²) in [7, 11) is 0. The van der Waals surface area contributed by atoms with Gasteiger partial charge in [-0.3, -0.25) is 0 Å². The Balaban J connectivity index is 0.000000980. The van der Waals surface area contributed by atoms with Crippen LogP contribution < -0.4 is 24.0 Å². The monoisotopic (exact) mass is 437 g/mol. The van der Waals surface area contributed by atoms with Crippen molar-refractivity contribution in [3.8, 4) is 0 Å². The van der Waals surface area contributed by atoms with Crippen molar-refractivity contribution in [3.63, 3.8) is 0 Å². The van der Waals surface area contributed by atoms with E-state index in [1.807, 2.05) is 0 Å². The summed E-state index contributed by atoms with van der Waals surface area (Å²) in [5.41, 5.74) is 0. The van der Waals surface area contributed by atoms with Crippen LogP contribution in [-0.2, 0) is 0 Å². The fourth-order valence-corrected chi connectivity index (χ4v) is 6.78. The molecule has 2 aliphatic rings. The van der Waals surface area contributed by atoms with Crippen LogP contribution in [0.5, 0.6) is 0 Å². The van der Waals surface area contributed by atoms with Crippen molar-refractivity contribution < 1.29 is 61.5 Å². The van der Waals surface area contributed by atoms with E-state index < -0.39 is 37.5 Å². The van der Waals surface area contributed by atoms with Crippen LogP contribution in [0.2, 0.25) is 0 Å².